The normalized spacial score (nSPS) is 15.7. The van der Waals surface area contributed by atoms with Gasteiger partial charge in [-0.1, -0.05) is 61.7 Å². The second kappa shape index (κ2) is 9.24. The fraction of sp³-hybridized carbons (Fsp3) is 0.381. The van der Waals surface area contributed by atoms with Gasteiger partial charge in [-0.15, -0.1) is 0 Å². The van der Waals surface area contributed by atoms with Crippen molar-refractivity contribution < 1.29 is 4.74 Å². The lowest BCUT2D eigenvalue weighted by atomic mass is 9.90. The van der Waals surface area contributed by atoms with Crippen LogP contribution in [0.15, 0.2) is 59.7 Å². The van der Waals surface area contributed by atoms with E-state index in [-0.39, 0.29) is 0 Å². The predicted molar refractivity (Wildman–Crippen MR) is 100 cm³/mol. The zero-order valence-corrected chi connectivity index (χ0v) is 14.2. The lowest BCUT2D eigenvalue weighted by Crippen LogP contribution is -2.13. The molecule has 0 bridgehead atoms. The fourth-order valence-corrected chi connectivity index (χ4v) is 3.17. The van der Waals surface area contributed by atoms with Crippen molar-refractivity contribution in [2.45, 2.75) is 38.7 Å². The van der Waals surface area contributed by atoms with Gasteiger partial charge in [-0.05, 0) is 36.5 Å². The number of hydrogen-bond acceptors (Lipinski definition) is 3. The maximum Gasteiger partial charge on any atom is 0.0723 e. The number of para-hydroxylation sites is 1. The molecule has 1 fully saturated rings. The van der Waals surface area contributed by atoms with E-state index in [0.29, 0.717) is 6.61 Å². The summed E-state index contributed by atoms with van der Waals surface area (Å²) in [6.45, 7) is 1.54. The molecular formula is C21H26N2O. The molecule has 0 aliphatic heterocycles. The standard InChI is InChI=1S/C21H26N2O/c1-3-9-18(10-4-1)16-24-17-20-12-8-7-11-19(20)15-22-23-21-13-5-2-6-14-21/h2,5-8,11-15,18,23H,1,3-4,9-10,16-17H2. The van der Waals surface area contributed by atoms with Gasteiger partial charge in [0.25, 0.3) is 0 Å². The summed E-state index contributed by atoms with van der Waals surface area (Å²) in [7, 11) is 0. The number of anilines is 1. The summed E-state index contributed by atoms with van der Waals surface area (Å²) in [5, 5.41) is 4.34. The van der Waals surface area contributed by atoms with Gasteiger partial charge in [-0.3, -0.25) is 5.43 Å². The Morgan fingerprint density at radius 2 is 1.71 bits per heavy atom. The van der Waals surface area contributed by atoms with Crippen LogP contribution < -0.4 is 5.43 Å². The second-order valence-corrected chi connectivity index (χ2v) is 6.45. The van der Waals surface area contributed by atoms with Gasteiger partial charge >= 0.3 is 0 Å². The van der Waals surface area contributed by atoms with Gasteiger partial charge in [0.1, 0.15) is 0 Å². The molecule has 3 nitrogen and oxygen atoms in total. The van der Waals surface area contributed by atoms with E-state index in [1.54, 1.807) is 0 Å². The minimum atomic E-state index is 0.657. The fourth-order valence-electron chi connectivity index (χ4n) is 3.17. The molecule has 2 aromatic carbocycles. The van der Waals surface area contributed by atoms with E-state index in [2.05, 4.69) is 28.7 Å². The Balaban J connectivity index is 1.52. The van der Waals surface area contributed by atoms with Crippen LogP contribution in [0, 0.1) is 5.92 Å². The van der Waals surface area contributed by atoms with Gasteiger partial charge in [0.05, 0.1) is 18.5 Å². The summed E-state index contributed by atoms with van der Waals surface area (Å²) < 4.78 is 5.98. The van der Waals surface area contributed by atoms with E-state index in [1.165, 1.54) is 37.7 Å². The van der Waals surface area contributed by atoms with E-state index in [9.17, 15) is 0 Å². The second-order valence-electron chi connectivity index (χ2n) is 6.45. The van der Waals surface area contributed by atoms with Crippen molar-refractivity contribution in [2.24, 2.45) is 11.0 Å². The largest absolute Gasteiger partial charge is 0.376 e. The smallest absolute Gasteiger partial charge is 0.0723 e. The third-order valence-corrected chi connectivity index (χ3v) is 4.56. The van der Waals surface area contributed by atoms with Crippen LogP contribution in [0.3, 0.4) is 0 Å². The predicted octanol–water partition coefficient (Wildman–Crippen LogP) is 5.23. The van der Waals surface area contributed by atoms with Crippen molar-refractivity contribution in [3.8, 4) is 0 Å². The van der Waals surface area contributed by atoms with Crippen LogP contribution in [0.2, 0.25) is 0 Å². The molecule has 24 heavy (non-hydrogen) atoms. The minimum absolute atomic E-state index is 0.657. The van der Waals surface area contributed by atoms with Crippen LogP contribution in [-0.4, -0.2) is 12.8 Å². The molecule has 1 N–H and O–H groups in total. The summed E-state index contributed by atoms with van der Waals surface area (Å²) in [6, 6.07) is 18.3. The number of hydrogen-bond donors (Lipinski definition) is 1. The number of hydrazone groups is 1. The monoisotopic (exact) mass is 322 g/mol. The summed E-state index contributed by atoms with van der Waals surface area (Å²) in [6.07, 6.45) is 8.63. The molecule has 0 atom stereocenters. The van der Waals surface area contributed by atoms with Gasteiger partial charge in [0.15, 0.2) is 0 Å². The quantitative estimate of drug-likeness (QED) is 0.559. The van der Waals surface area contributed by atoms with E-state index < -0.39 is 0 Å². The van der Waals surface area contributed by atoms with E-state index in [4.69, 9.17) is 4.74 Å². The van der Waals surface area contributed by atoms with Crippen LogP contribution in [0.5, 0.6) is 0 Å². The first-order valence-electron chi connectivity index (χ1n) is 8.91. The molecule has 2 aromatic rings. The molecule has 0 heterocycles. The molecule has 126 valence electrons. The minimum Gasteiger partial charge on any atom is -0.376 e. The Morgan fingerprint density at radius 3 is 2.54 bits per heavy atom. The maximum absolute atomic E-state index is 5.98. The molecule has 3 heteroatoms. The Hall–Kier alpha value is -2.13. The maximum atomic E-state index is 5.98. The van der Waals surface area contributed by atoms with Gasteiger partial charge in [-0.25, -0.2) is 0 Å². The van der Waals surface area contributed by atoms with Gasteiger partial charge in [-0.2, -0.15) is 5.10 Å². The molecule has 1 aliphatic rings. The highest BCUT2D eigenvalue weighted by Gasteiger charge is 2.13. The van der Waals surface area contributed by atoms with Crippen LogP contribution >= 0.6 is 0 Å². The molecule has 0 radical (unpaired) electrons. The third-order valence-electron chi connectivity index (χ3n) is 4.56. The number of benzene rings is 2. The summed E-state index contributed by atoms with van der Waals surface area (Å²) >= 11 is 0. The molecule has 3 rings (SSSR count). The van der Waals surface area contributed by atoms with Crippen LogP contribution in [0.25, 0.3) is 0 Å². The lowest BCUT2D eigenvalue weighted by Gasteiger charge is -2.21. The molecule has 0 unspecified atom stereocenters. The van der Waals surface area contributed by atoms with Gasteiger partial charge in [0, 0.05) is 12.2 Å². The van der Waals surface area contributed by atoms with Crippen LogP contribution in [0.4, 0.5) is 5.69 Å². The topological polar surface area (TPSA) is 33.6 Å². The Kier molecular flexibility index (Phi) is 6.43. The highest BCUT2D eigenvalue weighted by atomic mass is 16.5. The van der Waals surface area contributed by atoms with Crippen molar-refractivity contribution in [1.29, 1.82) is 0 Å². The molecule has 0 aromatic heterocycles. The van der Waals surface area contributed by atoms with Gasteiger partial charge < -0.3 is 4.74 Å². The molecule has 1 saturated carbocycles. The van der Waals surface area contributed by atoms with Crippen LogP contribution in [0.1, 0.15) is 43.2 Å². The molecule has 0 amide bonds. The van der Waals surface area contributed by atoms with E-state index in [1.807, 2.05) is 42.6 Å². The van der Waals surface area contributed by atoms with Gasteiger partial charge in [0.2, 0.25) is 0 Å². The SMILES string of the molecule is C(=NNc1ccccc1)c1ccccc1COCC1CCCCC1. The van der Waals surface area contributed by atoms with Crippen LogP contribution in [-0.2, 0) is 11.3 Å². The summed E-state index contributed by atoms with van der Waals surface area (Å²) in [4.78, 5) is 0. The number of nitrogens with one attached hydrogen (secondary N) is 1. The Bertz CT molecular complexity index is 633. The van der Waals surface area contributed by atoms with Crippen molar-refractivity contribution in [3.63, 3.8) is 0 Å². The first-order chi connectivity index (χ1) is 11.9. The van der Waals surface area contributed by atoms with Crippen molar-refractivity contribution in [2.75, 3.05) is 12.0 Å². The molecular weight excluding hydrogens is 296 g/mol. The average Bonchev–Trinajstić information content (AvgIpc) is 2.65. The first-order valence-corrected chi connectivity index (χ1v) is 8.91. The Morgan fingerprint density at radius 1 is 0.958 bits per heavy atom. The molecule has 0 saturated heterocycles. The molecule has 0 spiro atoms. The van der Waals surface area contributed by atoms with E-state index in [0.717, 1.165) is 23.8 Å². The Labute approximate surface area is 144 Å². The van der Waals surface area contributed by atoms with E-state index >= 15 is 0 Å². The van der Waals surface area contributed by atoms with Crippen molar-refractivity contribution in [3.05, 3.63) is 65.7 Å². The molecule has 1 aliphatic carbocycles. The summed E-state index contributed by atoms with van der Waals surface area (Å²) in [5.41, 5.74) is 6.33. The number of rotatable bonds is 7. The highest BCUT2D eigenvalue weighted by molar-refractivity contribution is 5.82. The van der Waals surface area contributed by atoms with Crippen molar-refractivity contribution >= 4 is 11.9 Å². The van der Waals surface area contributed by atoms with Crippen molar-refractivity contribution in [1.82, 2.24) is 0 Å². The third kappa shape index (κ3) is 5.20. The zero-order chi connectivity index (χ0) is 16.5. The highest BCUT2D eigenvalue weighted by Crippen LogP contribution is 2.24. The average molecular weight is 322 g/mol. The number of nitrogens with zero attached hydrogens (tertiary/aromatic N) is 1. The number of ether oxygens (including phenoxy) is 1. The first kappa shape index (κ1) is 16.7. The lowest BCUT2D eigenvalue weighted by molar-refractivity contribution is 0.0739. The summed E-state index contributed by atoms with van der Waals surface area (Å²) in [5.74, 6) is 0.749. The zero-order valence-electron chi connectivity index (χ0n) is 14.2.